The Hall–Kier alpha value is -1.47. The molecule has 0 aliphatic heterocycles. The molecule has 6 nitrogen and oxygen atoms in total. The molecular formula is C8H11N3O3S. The molecular weight excluding hydrogens is 218 g/mol. The van der Waals surface area contributed by atoms with E-state index in [2.05, 4.69) is 4.37 Å². The van der Waals surface area contributed by atoms with E-state index in [4.69, 9.17) is 10.8 Å². The molecule has 0 radical (unpaired) electrons. The number of amides is 1. The number of anilines is 1. The Bertz CT molecular complexity index is 402. The summed E-state index contributed by atoms with van der Waals surface area (Å²) in [6, 6.07) is 0. The van der Waals surface area contributed by atoms with Gasteiger partial charge >= 0.3 is 5.97 Å². The van der Waals surface area contributed by atoms with Crippen molar-refractivity contribution >= 4 is 28.4 Å². The lowest BCUT2D eigenvalue weighted by molar-refractivity contribution is -0.116. The molecule has 0 aliphatic rings. The molecule has 0 saturated carbocycles. The monoisotopic (exact) mass is 229 g/mol. The number of carbonyl (C=O) groups excluding carboxylic acids is 1. The van der Waals surface area contributed by atoms with E-state index in [0.29, 0.717) is 10.7 Å². The third-order valence-electron chi connectivity index (χ3n) is 1.91. The molecule has 1 amide bonds. The third kappa shape index (κ3) is 2.13. The summed E-state index contributed by atoms with van der Waals surface area (Å²) in [4.78, 5) is 23.4. The zero-order valence-corrected chi connectivity index (χ0v) is 9.17. The summed E-state index contributed by atoms with van der Waals surface area (Å²) in [6.07, 6.45) is 0. The number of carboxylic acids is 1. The minimum absolute atomic E-state index is 0.0595. The van der Waals surface area contributed by atoms with E-state index in [-0.39, 0.29) is 18.0 Å². The number of carboxylic acid groups (broad SMARTS) is 1. The van der Waals surface area contributed by atoms with Crippen molar-refractivity contribution in [3.05, 3.63) is 11.3 Å². The zero-order chi connectivity index (χ0) is 11.6. The van der Waals surface area contributed by atoms with Crippen molar-refractivity contribution in [2.45, 2.75) is 6.92 Å². The first kappa shape index (κ1) is 11.6. The van der Waals surface area contributed by atoms with Crippen LogP contribution >= 0.6 is 11.5 Å². The lowest BCUT2D eigenvalue weighted by Gasteiger charge is -2.14. The van der Waals surface area contributed by atoms with E-state index in [1.165, 1.54) is 11.9 Å². The van der Waals surface area contributed by atoms with Crippen LogP contribution in [-0.2, 0) is 4.79 Å². The van der Waals surface area contributed by atoms with Crippen LogP contribution in [-0.4, -0.2) is 34.9 Å². The molecule has 0 aromatic carbocycles. The van der Waals surface area contributed by atoms with Gasteiger partial charge in [-0.2, -0.15) is 4.37 Å². The highest BCUT2D eigenvalue weighted by atomic mass is 32.1. The van der Waals surface area contributed by atoms with Crippen LogP contribution in [0.5, 0.6) is 0 Å². The van der Waals surface area contributed by atoms with Crippen LogP contribution in [0.2, 0.25) is 0 Å². The molecule has 3 N–H and O–H groups in total. The van der Waals surface area contributed by atoms with Gasteiger partial charge in [-0.25, -0.2) is 4.79 Å². The van der Waals surface area contributed by atoms with Gasteiger partial charge in [0.05, 0.1) is 12.2 Å². The van der Waals surface area contributed by atoms with Crippen LogP contribution in [0, 0.1) is 6.92 Å². The highest BCUT2D eigenvalue weighted by molar-refractivity contribution is 7.11. The summed E-state index contributed by atoms with van der Waals surface area (Å²) in [7, 11) is 1.48. The Labute approximate surface area is 90.5 Å². The van der Waals surface area contributed by atoms with Gasteiger partial charge in [0.2, 0.25) is 5.91 Å². The SMILES string of the molecule is Cc1nsc(N(C)C(=O)CN)c1C(=O)O. The van der Waals surface area contributed by atoms with Crippen molar-refractivity contribution in [2.75, 3.05) is 18.5 Å². The molecule has 0 bridgehead atoms. The average Bonchev–Trinajstić information content (AvgIpc) is 2.57. The van der Waals surface area contributed by atoms with Gasteiger partial charge in [0.15, 0.2) is 0 Å². The minimum atomic E-state index is -1.09. The molecule has 0 saturated heterocycles. The number of aromatic nitrogens is 1. The fourth-order valence-electron chi connectivity index (χ4n) is 1.08. The Kier molecular flexibility index (Phi) is 3.38. The summed E-state index contributed by atoms with van der Waals surface area (Å²) < 4.78 is 3.90. The van der Waals surface area contributed by atoms with Crippen LogP contribution in [0.25, 0.3) is 0 Å². The number of carbonyl (C=O) groups is 2. The summed E-state index contributed by atoms with van der Waals surface area (Å²) in [5.74, 6) is -1.44. The van der Waals surface area contributed by atoms with Gasteiger partial charge in [0.25, 0.3) is 0 Å². The predicted octanol–water partition coefficient (Wildman–Crippen LogP) is 0.0712. The first-order valence-electron chi connectivity index (χ1n) is 4.15. The highest BCUT2D eigenvalue weighted by Crippen LogP contribution is 2.27. The smallest absolute Gasteiger partial charge is 0.340 e. The lowest BCUT2D eigenvalue weighted by atomic mass is 10.2. The van der Waals surface area contributed by atoms with Crippen LogP contribution in [0.3, 0.4) is 0 Å². The second-order valence-corrected chi connectivity index (χ2v) is 3.66. The van der Waals surface area contributed by atoms with E-state index < -0.39 is 5.97 Å². The van der Waals surface area contributed by atoms with Gasteiger partial charge in [-0.1, -0.05) is 0 Å². The third-order valence-corrected chi connectivity index (χ3v) is 2.93. The second-order valence-electron chi connectivity index (χ2n) is 2.91. The summed E-state index contributed by atoms with van der Waals surface area (Å²) in [5, 5.41) is 9.25. The first-order valence-corrected chi connectivity index (χ1v) is 4.92. The van der Waals surface area contributed by atoms with E-state index in [9.17, 15) is 9.59 Å². The molecule has 7 heteroatoms. The second kappa shape index (κ2) is 4.37. The molecule has 0 spiro atoms. The maximum Gasteiger partial charge on any atom is 0.340 e. The van der Waals surface area contributed by atoms with E-state index in [1.54, 1.807) is 6.92 Å². The van der Waals surface area contributed by atoms with E-state index in [1.807, 2.05) is 0 Å². The van der Waals surface area contributed by atoms with Gasteiger partial charge < -0.3 is 15.7 Å². The van der Waals surface area contributed by atoms with Gasteiger partial charge in [-0.05, 0) is 18.5 Å². The van der Waals surface area contributed by atoms with E-state index >= 15 is 0 Å². The molecule has 0 fully saturated rings. The molecule has 1 aromatic rings. The predicted molar refractivity (Wildman–Crippen MR) is 56.3 cm³/mol. The summed E-state index contributed by atoms with van der Waals surface area (Å²) in [5.41, 5.74) is 5.65. The number of rotatable bonds is 3. The zero-order valence-electron chi connectivity index (χ0n) is 8.35. The number of aromatic carboxylic acids is 1. The molecule has 0 unspecified atom stereocenters. The van der Waals surface area contributed by atoms with Gasteiger partial charge in [-0.15, -0.1) is 0 Å². The normalized spacial score (nSPS) is 10.1. The number of nitrogens with zero attached hydrogens (tertiary/aromatic N) is 2. The number of nitrogens with two attached hydrogens (primary N) is 1. The van der Waals surface area contributed by atoms with Crippen molar-refractivity contribution in [1.82, 2.24) is 4.37 Å². The van der Waals surface area contributed by atoms with Crippen LogP contribution in [0.1, 0.15) is 16.1 Å². The van der Waals surface area contributed by atoms with Crippen molar-refractivity contribution in [3.8, 4) is 0 Å². The topological polar surface area (TPSA) is 96.5 Å². The molecule has 82 valence electrons. The van der Waals surface area contributed by atoms with Gasteiger partial charge in [-0.3, -0.25) is 4.79 Å². The Morgan fingerprint density at radius 2 is 2.20 bits per heavy atom. The average molecular weight is 229 g/mol. The largest absolute Gasteiger partial charge is 0.478 e. The molecule has 1 rings (SSSR count). The van der Waals surface area contributed by atoms with Crippen molar-refractivity contribution in [3.63, 3.8) is 0 Å². The Balaban J connectivity index is 3.14. The molecule has 1 aromatic heterocycles. The lowest BCUT2D eigenvalue weighted by Crippen LogP contribution is -2.32. The number of likely N-dealkylation sites (N-methyl/N-ethyl adjacent to an activating group) is 1. The molecule has 1 heterocycles. The minimum Gasteiger partial charge on any atom is -0.478 e. The molecule has 15 heavy (non-hydrogen) atoms. The summed E-state index contributed by atoms with van der Waals surface area (Å²) >= 11 is 0.975. The first-order chi connectivity index (χ1) is 6.99. The molecule has 0 atom stereocenters. The maximum absolute atomic E-state index is 11.3. The van der Waals surface area contributed by atoms with Crippen LogP contribution in [0.15, 0.2) is 0 Å². The van der Waals surface area contributed by atoms with Crippen molar-refractivity contribution < 1.29 is 14.7 Å². The van der Waals surface area contributed by atoms with Crippen molar-refractivity contribution in [1.29, 1.82) is 0 Å². The molecule has 0 aliphatic carbocycles. The highest BCUT2D eigenvalue weighted by Gasteiger charge is 2.22. The fraction of sp³-hybridized carbons (Fsp3) is 0.375. The number of aryl methyl sites for hydroxylation is 1. The van der Waals surface area contributed by atoms with Crippen LogP contribution < -0.4 is 10.6 Å². The number of hydrogen-bond donors (Lipinski definition) is 2. The maximum atomic E-state index is 11.3. The van der Waals surface area contributed by atoms with Gasteiger partial charge in [0.1, 0.15) is 10.6 Å². The van der Waals surface area contributed by atoms with E-state index in [0.717, 1.165) is 11.5 Å². The van der Waals surface area contributed by atoms with Crippen LogP contribution in [0.4, 0.5) is 5.00 Å². The Morgan fingerprint density at radius 3 is 2.67 bits per heavy atom. The number of hydrogen-bond acceptors (Lipinski definition) is 5. The van der Waals surface area contributed by atoms with Crippen molar-refractivity contribution in [2.24, 2.45) is 5.73 Å². The quantitative estimate of drug-likeness (QED) is 0.764. The fourth-order valence-corrected chi connectivity index (χ4v) is 1.95. The Morgan fingerprint density at radius 1 is 1.60 bits per heavy atom. The van der Waals surface area contributed by atoms with Gasteiger partial charge in [0, 0.05) is 7.05 Å². The summed E-state index contributed by atoms with van der Waals surface area (Å²) in [6.45, 7) is 1.43. The standard InChI is InChI=1S/C8H11N3O3S/c1-4-6(8(13)14)7(15-10-4)11(2)5(12)3-9/h3,9H2,1-2H3,(H,13,14).